The maximum Gasteiger partial charge on any atom is 0.408 e. The van der Waals surface area contributed by atoms with Crippen molar-refractivity contribution in [2.45, 2.75) is 66.5 Å². The van der Waals surface area contributed by atoms with Crippen LogP contribution in [0.2, 0.25) is 0 Å². The molecule has 4 N–H and O–H groups in total. The summed E-state index contributed by atoms with van der Waals surface area (Å²) in [6, 6.07) is -0.875. The fourth-order valence-electron chi connectivity index (χ4n) is 1.15. The number of hydrogen-bond donors (Lipinski definition) is 3. The molecular formula is C18H34N2O4. The van der Waals surface area contributed by atoms with E-state index in [1.54, 1.807) is 26.8 Å². The topological polar surface area (TPSA) is 102 Å². The molecule has 2 amide bonds. The van der Waals surface area contributed by atoms with E-state index in [9.17, 15) is 9.59 Å². The van der Waals surface area contributed by atoms with E-state index in [-0.39, 0.29) is 12.2 Å². The Morgan fingerprint density at radius 2 is 1.75 bits per heavy atom. The molecule has 140 valence electrons. The Morgan fingerprint density at radius 1 is 1.25 bits per heavy atom. The van der Waals surface area contributed by atoms with Crippen LogP contribution in [0.4, 0.5) is 4.79 Å². The van der Waals surface area contributed by atoms with Crippen molar-refractivity contribution in [3.8, 4) is 0 Å². The van der Waals surface area contributed by atoms with Gasteiger partial charge in [-0.2, -0.15) is 0 Å². The Balaban J connectivity index is -0.00000102. The SMILES string of the molecule is C=C/C(O)=C\C=C\CC(NC(=O)OC(C)(C)C)C(N)=O.CC.CC. The molecule has 0 fully saturated rings. The lowest BCUT2D eigenvalue weighted by Crippen LogP contribution is -2.46. The highest BCUT2D eigenvalue weighted by atomic mass is 16.6. The summed E-state index contributed by atoms with van der Waals surface area (Å²) in [7, 11) is 0. The van der Waals surface area contributed by atoms with E-state index >= 15 is 0 Å². The smallest absolute Gasteiger partial charge is 0.408 e. The Morgan fingerprint density at radius 3 is 2.12 bits per heavy atom. The molecule has 0 rings (SSSR count). The zero-order chi connectivity index (χ0) is 19.8. The van der Waals surface area contributed by atoms with Crippen molar-refractivity contribution < 1.29 is 19.4 Å². The monoisotopic (exact) mass is 342 g/mol. The van der Waals surface area contributed by atoms with Gasteiger partial charge in [0.05, 0.1) is 0 Å². The van der Waals surface area contributed by atoms with Gasteiger partial charge in [0, 0.05) is 0 Å². The maximum atomic E-state index is 11.5. The van der Waals surface area contributed by atoms with Crippen LogP contribution in [-0.4, -0.2) is 28.7 Å². The molecule has 1 atom stereocenters. The maximum absolute atomic E-state index is 11.5. The van der Waals surface area contributed by atoms with Crippen LogP contribution in [0.25, 0.3) is 0 Å². The number of allylic oxidation sites excluding steroid dienone is 3. The molecule has 0 aliphatic rings. The molecule has 0 saturated heterocycles. The molecule has 0 heterocycles. The van der Waals surface area contributed by atoms with Crippen molar-refractivity contribution >= 4 is 12.0 Å². The third-order valence-electron chi connectivity index (χ3n) is 2.02. The van der Waals surface area contributed by atoms with E-state index < -0.39 is 23.6 Å². The van der Waals surface area contributed by atoms with Crippen LogP contribution < -0.4 is 11.1 Å². The van der Waals surface area contributed by atoms with Gasteiger partial charge < -0.3 is 20.9 Å². The number of carbonyl (C=O) groups is 2. The summed E-state index contributed by atoms with van der Waals surface area (Å²) in [5, 5.41) is 11.5. The van der Waals surface area contributed by atoms with Crippen molar-refractivity contribution in [1.82, 2.24) is 5.32 Å². The average molecular weight is 342 g/mol. The number of carbonyl (C=O) groups excluding carboxylic acids is 2. The van der Waals surface area contributed by atoms with Crippen molar-refractivity contribution in [1.29, 1.82) is 0 Å². The van der Waals surface area contributed by atoms with Gasteiger partial charge in [0.2, 0.25) is 5.91 Å². The lowest BCUT2D eigenvalue weighted by Gasteiger charge is -2.21. The first-order valence-electron chi connectivity index (χ1n) is 8.12. The van der Waals surface area contributed by atoms with Gasteiger partial charge in [0.1, 0.15) is 17.4 Å². The number of ether oxygens (including phenoxy) is 1. The second-order valence-corrected chi connectivity index (χ2v) is 5.06. The van der Waals surface area contributed by atoms with E-state index in [0.29, 0.717) is 0 Å². The summed E-state index contributed by atoms with van der Waals surface area (Å²) in [6.07, 6.45) is 5.28. The number of nitrogens with one attached hydrogen (secondary N) is 1. The molecule has 0 aromatic heterocycles. The van der Waals surface area contributed by atoms with Gasteiger partial charge in [-0.3, -0.25) is 4.79 Å². The highest BCUT2D eigenvalue weighted by molar-refractivity contribution is 5.84. The van der Waals surface area contributed by atoms with Gasteiger partial charge in [-0.25, -0.2) is 4.79 Å². The number of aliphatic hydroxyl groups is 1. The second-order valence-electron chi connectivity index (χ2n) is 5.06. The van der Waals surface area contributed by atoms with Crippen molar-refractivity contribution in [3.63, 3.8) is 0 Å². The highest BCUT2D eigenvalue weighted by Crippen LogP contribution is 2.07. The minimum absolute atomic E-state index is 0.00280. The van der Waals surface area contributed by atoms with E-state index in [2.05, 4.69) is 11.9 Å². The predicted octanol–water partition coefficient (Wildman–Crippen LogP) is 3.99. The summed E-state index contributed by atoms with van der Waals surface area (Å²) in [5.41, 5.74) is 4.54. The molecule has 0 aromatic rings. The molecule has 0 radical (unpaired) electrons. The van der Waals surface area contributed by atoms with Gasteiger partial charge in [0.15, 0.2) is 0 Å². The molecule has 6 heteroatoms. The first-order valence-corrected chi connectivity index (χ1v) is 8.12. The first-order chi connectivity index (χ1) is 11.2. The summed E-state index contributed by atoms with van der Waals surface area (Å²) in [5.74, 6) is -0.672. The number of amides is 2. The summed E-state index contributed by atoms with van der Waals surface area (Å²) >= 11 is 0. The average Bonchev–Trinajstić information content (AvgIpc) is 2.51. The fraction of sp³-hybridized carbons (Fsp3) is 0.556. The van der Waals surface area contributed by atoms with E-state index in [1.807, 2.05) is 27.7 Å². The van der Waals surface area contributed by atoms with Gasteiger partial charge in [-0.05, 0) is 39.3 Å². The Labute approximate surface area is 146 Å². The summed E-state index contributed by atoms with van der Waals surface area (Å²) < 4.78 is 5.03. The van der Waals surface area contributed by atoms with E-state index in [1.165, 1.54) is 18.2 Å². The lowest BCUT2D eigenvalue weighted by atomic mass is 10.2. The van der Waals surface area contributed by atoms with Crippen LogP contribution >= 0.6 is 0 Å². The number of aliphatic hydroxyl groups excluding tert-OH is 1. The number of nitrogens with two attached hydrogens (primary N) is 1. The van der Waals surface area contributed by atoms with Crippen LogP contribution in [0.1, 0.15) is 54.9 Å². The fourth-order valence-corrected chi connectivity index (χ4v) is 1.15. The number of alkyl carbamates (subject to hydrolysis) is 1. The second kappa shape index (κ2) is 15.6. The van der Waals surface area contributed by atoms with E-state index in [0.717, 1.165) is 0 Å². The van der Waals surface area contributed by atoms with Crippen LogP contribution in [0.5, 0.6) is 0 Å². The van der Waals surface area contributed by atoms with Crippen LogP contribution in [-0.2, 0) is 9.53 Å². The minimum atomic E-state index is -0.875. The minimum Gasteiger partial charge on any atom is -0.508 e. The quantitative estimate of drug-likeness (QED) is 0.501. The normalized spacial score (nSPS) is 12.0. The molecular weight excluding hydrogens is 308 g/mol. The summed E-state index contributed by atoms with van der Waals surface area (Å²) in [6.45, 7) is 16.5. The standard InChI is InChI=1S/C14H22N2O4.2C2H6/c1-5-10(17)8-6-7-9-11(12(15)18)16-13(19)20-14(2,3)4;2*1-2/h5-8,11,17H,1,9H2,2-4H3,(H2,15,18)(H,16,19);2*1-2H3/b7-6+,10-8+;;. The molecule has 1 unspecified atom stereocenters. The molecule has 0 aliphatic heterocycles. The molecule has 0 aromatic carbocycles. The number of primary amides is 1. The molecule has 0 spiro atoms. The number of rotatable bonds is 6. The molecule has 24 heavy (non-hydrogen) atoms. The molecule has 0 aliphatic carbocycles. The van der Waals surface area contributed by atoms with Crippen molar-refractivity contribution in [2.75, 3.05) is 0 Å². The van der Waals surface area contributed by atoms with Crippen LogP contribution in [0.3, 0.4) is 0 Å². The van der Waals surface area contributed by atoms with E-state index in [4.69, 9.17) is 15.6 Å². The van der Waals surface area contributed by atoms with Crippen molar-refractivity contribution in [2.24, 2.45) is 5.73 Å². The number of hydrogen-bond acceptors (Lipinski definition) is 4. The Hall–Kier alpha value is -2.24. The Bertz CT molecular complexity index is 421. The Kier molecular flexibility index (Phi) is 17.4. The molecule has 0 bridgehead atoms. The lowest BCUT2D eigenvalue weighted by molar-refractivity contribution is -0.120. The first kappa shape index (κ1) is 26.6. The summed E-state index contributed by atoms with van der Waals surface area (Å²) in [4.78, 5) is 22.8. The zero-order valence-electron chi connectivity index (χ0n) is 16.1. The largest absolute Gasteiger partial charge is 0.508 e. The van der Waals surface area contributed by atoms with Gasteiger partial charge in [0.25, 0.3) is 0 Å². The van der Waals surface area contributed by atoms with Crippen LogP contribution in [0, 0.1) is 0 Å². The molecule has 0 saturated carbocycles. The van der Waals surface area contributed by atoms with Gasteiger partial charge >= 0.3 is 6.09 Å². The predicted molar refractivity (Wildman–Crippen MR) is 99.7 cm³/mol. The zero-order valence-corrected chi connectivity index (χ0v) is 16.1. The van der Waals surface area contributed by atoms with Crippen LogP contribution in [0.15, 0.2) is 36.6 Å². The highest BCUT2D eigenvalue weighted by Gasteiger charge is 2.21. The third kappa shape index (κ3) is 17.8. The third-order valence-corrected chi connectivity index (χ3v) is 2.02. The van der Waals surface area contributed by atoms with Gasteiger partial charge in [-0.1, -0.05) is 46.4 Å². The van der Waals surface area contributed by atoms with Crippen molar-refractivity contribution in [3.05, 3.63) is 36.6 Å². The molecule has 6 nitrogen and oxygen atoms in total. The van der Waals surface area contributed by atoms with Gasteiger partial charge in [-0.15, -0.1) is 0 Å².